The number of ether oxygens (including phenoxy) is 1. The lowest BCUT2D eigenvalue weighted by Gasteiger charge is -2.32. The van der Waals surface area contributed by atoms with E-state index in [1.807, 2.05) is 0 Å². The molecule has 2 N–H and O–H groups in total. The number of methoxy groups -OCH3 is 1. The van der Waals surface area contributed by atoms with Crippen LogP contribution in [0.5, 0.6) is 5.75 Å². The molecule has 0 radical (unpaired) electrons. The van der Waals surface area contributed by atoms with Crippen molar-refractivity contribution in [2.24, 2.45) is 5.92 Å². The van der Waals surface area contributed by atoms with Crippen molar-refractivity contribution in [3.8, 4) is 5.75 Å². The maximum absolute atomic E-state index is 12.4. The molecule has 4 rings (SSSR count). The lowest BCUT2D eigenvalue weighted by atomic mass is 9.90. The fraction of sp³-hybridized carbons (Fsp3) is 0.385. The Bertz CT molecular complexity index is 1100. The van der Waals surface area contributed by atoms with E-state index >= 15 is 0 Å². The van der Waals surface area contributed by atoms with E-state index in [1.165, 1.54) is 18.4 Å². The van der Waals surface area contributed by atoms with Gasteiger partial charge in [-0.1, -0.05) is 41.7 Å². The van der Waals surface area contributed by atoms with Crippen LogP contribution in [0.3, 0.4) is 0 Å². The van der Waals surface area contributed by atoms with Crippen molar-refractivity contribution in [1.29, 1.82) is 0 Å². The number of likely N-dealkylation sites (tertiary alicyclic amines) is 1. The second kappa shape index (κ2) is 12.4. The number of carbonyl (C=O) groups is 2. The summed E-state index contributed by atoms with van der Waals surface area (Å²) in [6.45, 7) is 3.74. The number of benzene rings is 2. The minimum Gasteiger partial charge on any atom is -0.497 e. The molecule has 0 bridgehead atoms. The van der Waals surface area contributed by atoms with Gasteiger partial charge in [0.25, 0.3) is 11.8 Å². The fourth-order valence-electron chi connectivity index (χ4n) is 4.21. The van der Waals surface area contributed by atoms with Crippen LogP contribution < -0.4 is 15.4 Å². The zero-order chi connectivity index (χ0) is 24.5. The van der Waals surface area contributed by atoms with E-state index in [0.29, 0.717) is 18.0 Å². The van der Waals surface area contributed by atoms with E-state index in [1.54, 1.807) is 31.4 Å². The van der Waals surface area contributed by atoms with Gasteiger partial charge in [-0.05, 0) is 81.1 Å². The topological polar surface area (TPSA) is 96.5 Å². The van der Waals surface area contributed by atoms with Gasteiger partial charge < -0.3 is 20.3 Å². The molecule has 3 aromatic rings. The predicted octanol–water partition coefficient (Wildman–Crippen LogP) is 3.87. The first-order valence-corrected chi connectivity index (χ1v) is 12.8. The number of hydrogen-bond donors (Lipinski definition) is 2. The molecule has 9 heteroatoms. The van der Waals surface area contributed by atoms with E-state index < -0.39 is 5.91 Å². The average Bonchev–Trinajstić information content (AvgIpc) is 3.39. The third kappa shape index (κ3) is 7.34. The smallest absolute Gasteiger partial charge is 0.286 e. The molecule has 8 nitrogen and oxygen atoms in total. The highest BCUT2D eigenvalue weighted by Gasteiger charge is 2.20. The Hall–Kier alpha value is -3.30. The number of nitrogens with one attached hydrogen (secondary N) is 2. The van der Waals surface area contributed by atoms with E-state index in [9.17, 15) is 9.59 Å². The van der Waals surface area contributed by atoms with Gasteiger partial charge in [-0.2, -0.15) is 0 Å². The van der Waals surface area contributed by atoms with Crippen molar-refractivity contribution in [3.05, 3.63) is 70.2 Å². The molecule has 1 aliphatic heterocycles. The van der Waals surface area contributed by atoms with Crippen LogP contribution in [0, 0.1) is 5.92 Å². The first-order valence-electron chi connectivity index (χ1n) is 11.9. The van der Waals surface area contributed by atoms with Gasteiger partial charge in [0, 0.05) is 12.2 Å². The summed E-state index contributed by atoms with van der Waals surface area (Å²) < 4.78 is 5.11. The van der Waals surface area contributed by atoms with E-state index in [2.05, 4.69) is 56.1 Å². The highest BCUT2D eigenvalue weighted by atomic mass is 32.1. The quantitative estimate of drug-likeness (QED) is 0.416. The summed E-state index contributed by atoms with van der Waals surface area (Å²) in [5.74, 6) is 0.752. The van der Waals surface area contributed by atoms with Crippen molar-refractivity contribution < 1.29 is 14.3 Å². The van der Waals surface area contributed by atoms with Crippen LogP contribution in [0.4, 0.5) is 5.69 Å². The van der Waals surface area contributed by atoms with Gasteiger partial charge >= 0.3 is 0 Å². The second-order valence-electron chi connectivity index (χ2n) is 8.68. The highest BCUT2D eigenvalue weighted by molar-refractivity contribution is 7.15. The molecule has 2 amide bonds. The summed E-state index contributed by atoms with van der Waals surface area (Å²) in [4.78, 5) is 27.3. The van der Waals surface area contributed by atoms with Crippen molar-refractivity contribution in [2.75, 3.05) is 38.6 Å². The molecule has 1 aromatic heterocycles. The number of amides is 2. The summed E-state index contributed by atoms with van der Waals surface area (Å²) in [5, 5.41) is 13.7. The molecular weight excluding hydrogens is 462 g/mol. The molecule has 1 saturated heterocycles. The normalized spacial score (nSPS) is 14.4. The van der Waals surface area contributed by atoms with Crippen LogP contribution in [0.2, 0.25) is 0 Å². The molecule has 2 aromatic carbocycles. The molecule has 2 heterocycles. The van der Waals surface area contributed by atoms with Crippen LogP contribution in [0.15, 0.2) is 54.6 Å². The summed E-state index contributed by atoms with van der Waals surface area (Å²) in [5.41, 5.74) is 2.04. The molecule has 0 spiro atoms. The van der Waals surface area contributed by atoms with Gasteiger partial charge in [0.2, 0.25) is 10.0 Å². The Balaban J connectivity index is 1.14. The molecule has 0 atom stereocenters. The molecule has 0 saturated carbocycles. The number of hydrogen-bond acceptors (Lipinski definition) is 7. The number of nitrogens with zero attached hydrogens (tertiary/aromatic N) is 3. The molecular formula is C26H31N5O3S. The van der Waals surface area contributed by atoms with Gasteiger partial charge in [-0.25, -0.2) is 0 Å². The standard InChI is InChI=1S/C26H31N5O3S/c1-34-22-10-8-21(9-11-22)28-24(33)26-30-29-25(35-26)23(32)27-14-5-15-31-16-12-20(13-17-31)18-19-6-3-2-4-7-19/h2-4,6-11,20H,5,12-18H2,1H3,(H,27,32)(H,28,33). The van der Waals surface area contributed by atoms with Crippen LogP contribution in [0.25, 0.3) is 0 Å². The molecule has 1 fully saturated rings. The van der Waals surface area contributed by atoms with E-state index in [-0.39, 0.29) is 15.9 Å². The Morgan fingerprint density at radius 1 is 1.00 bits per heavy atom. The maximum Gasteiger partial charge on any atom is 0.286 e. The van der Waals surface area contributed by atoms with E-state index in [0.717, 1.165) is 49.7 Å². The number of aromatic nitrogens is 2. The summed E-state index contributed by atoms with van der Waals surface area (Å²) in [6, 6.07) is 17.7. The van der Waals surface area contributed by atoms with Crippen molar-refractivity contribution >= 4 is 28.8 Å². The number of rotatable bonds is 10. The zero-order valence-electron chi connectivity index (χ0n) is 19.9. The van der Waals surface area contributed by atoms with Gasteiger partial charge in [0.15, 0.2) is 0 Å². The van der Waals surface area contributed by atoms with E-state index in [4.69, 9.17) is 4.74 Å². The SMILES string of the molecule is COc1ccc(NC(=O)c2nnc(C(=O)NCCCN3CCC(Cc4ccccc4)CC3)s2)cc1. The van der Waals surface area contributed by atoms with Crippen LogP contribution in [-0.2, 0) is 6.42 Å². The Labute approximate surface area is 209 Å². The number of carbonyl (C=O) groups excluding carboxylic acids is 2. The Kier molecular flexibility index (Phi) is 8.80. The van der Waals surface area contributed by atoms with Gasteiger partial charge in [0.05, 0.1) is 7.11 Å². The number of piperidine rings is 1. The highest BCUT2D eigenvalue weighted by Crippen LogP contribution is 2.22. The van der Waals surface area contributed by atoms with Crippen LogP contribution in [-0.4, -0.2) is 60.2 Å². The zero-order valence-corrected chi connectivity index (χ0v) is 20.7. The largest absolute Gasteiger partial charge is 0.497 e. The third-order valence-electron chi connectivity index (χ3n) is 6.17. The second-order valence-corrected chi connectivity index (χ2v) is 9.66. The summed E-state index contributed by atoms with van der Waals surface area (Å²) >= 11 is 0.982. The van der Waals surface area contributed by atoms with Gasteiger partial charge in [-0.3, -0.25) is 9.59 Å². The van der Waals surface area contributed by atoms with Gasteiger partial charge in [0.1, 0.15) is 5.75 Å². The van der Waals surface area contributed by atoms with Crippen LogP contribution in [0.1, 0.15) is 44.4 Å². The van der Waals surface area contributed by atoms with Crippen molar-refractivity contribution in [2.45, 2.75) is 25.7 Å². The molecule has 35 heavy (non-hydrogen) atoms. The minimum atomic E-state index is -0.401. The lowest BCUT2D eigenvalue weighted by Crippen LogP contribution is -2.36. The minimum absolute atomic E-state index is 0.143. The van der Waals surface area contributed by atoms with Crippen LogP contribution >= 0.6 is 11.3 Å². The first-order chi connectivity index (χ1) is 17.1. The summed E-state index contributed by atoms with van der Waals surface area (Å²) in [6.07, 6.45) is 4.46. The lowest BCUT2D eigenvalue weighted by molar-refractivity contribution is 0.0948. The predicted molar refractivity (Wildman–Crippen MR) is 137 cm³/mol. The Morgan fingerprint density at radius 3 is 2.37 bits per heavy atom. The monoisotopic (exact) mass is 493 g/mol. The number of anilines is 1. The molecule has 0 unspecified atom stereocenters. The average molecular weight is 494 g/mol. The van der Waals surface area contributed by atoms with Gasteiger partial charge in [-0.15, -0.1) is 10.2 Å². The first kappa shape index (κ1) is 24.8. The molecule has 184 valence electrons. The molecule has 0 aliphatic carbocycles. The third-order valence-corrected chi connectivity index (χ3v) is 7.09. The Morgan fingerprint density at radius 2 is 1.69 bits per heavy atom. The molecule has 1 aliphatic rings. The van der Waals surface area contributed by atoms with Crippen molar-refractivity contribution in [3.63, 3.8) is 0 Å². The summed E-state index contributed by atoms with van der Waals surface area (Å²) in [7, 11) is 1.58. The maximum atomic E-state index is 12.4. The fourth-order valence-corrected chi connectivity index (χ4v) is 4.86. The van der Waals surface area contributed by atoms with Crippen molar-refractivity contribution in [1.82, 2.24) is 20.4 Å².